The molecule has 0 radical (unpaired) electrons. The first-order valence-corrected chi connectivity index (χ1v) is 10.1. The van der Waals surface area contributed by atoms with Crippen LogP contribution in [0.4, 0.5) is 5.69 Å². The third-order valence-electron chi connectivity index (χ3n) is 5.24. The summed E-state index contributed by atoms with van der Waals surface area (Å²) < 4.78 is 5.13. The normalized spacial score (nSPS) is 12.3. The van der Waals surface area contributed by atoms with Gasteiger partial charge in [-0.25, -0.2) is 0 Å². The molecule has 5 nitrogen and oxygen atoms in total. The van der Waals surface area contributed by atoms with Crippen LogP contribution < -0.4 is 10.6 Å². The fourth-order valence-corrected chi connectivity index (χ4v) is 3.62. The number of nitrogens with one attached hydrogen (secondary N) is 2. The summed E-state index contributed by atoms with van der Waals surface area (Å²) in [5.74, 6) is -0.292. The van der Waals surface area contributed by atoms with Gasteiger partial charge >= 0.3 is 0 Å². The Kier molecular flexibility index (Phi) is 6.40. The standard InChI is InChI=1S/C25H28N2O3/c1-17-12-13-19(15-21(17)27-24(29)22-11-8-14-30-22)23(28)26-18(2)16-25(3,4)20-9-6-5-7-10-20/h5-15,18H,16H2,1-4H3,(H,26,28)(H,27,29). The van der Waals surface area contributed by atoms with E-state index in [1.807, 2.05) is 38.1 Å². The van der Waals surface area contributed by atoms with E-state index in [1.54, 1.807) is 24.3 Å². The molecule has 0 bridgehead atoms. The minimum Gasteiger partial charge on any atom is -0.459 e. The average Bonchev–Trinajstić information content (AvgIpc) is 3.25. The van der Waals surface area contributed by atoms with Gasteiger partial charge in [-0.1, -0.05) is 50.2 Å². The molecule has 1 heterocycles. The second-order valence-electron chi connectivity index (χ2n) is 8.29. The van der Waals surface area contributed by atoms with Crippen molar-refractivity contribution >= 4 is 17.5 Å². The second-order valence-corrected chi connectivity index (χ2v) is 8.29. The number of carbonyl (C=O) groups is 2. The lowest BCUT2D eigenvalue weighted by Gasteiger charge is -2.29. The van der Waals surface area contributed by atoms with Crippen molar-refractivity contribution in [3.63, 3.8) is 0 Å². The first kappa shape index (κ1) is 21.4. The molecule has 2 amide bonds. The number of anilines is 1. The van der Waals surface area contributed by atoms with E-state index in [0.717, 1.165) is 12.0 Å². The van der Waals surface area contributed by atoms with Crippen molar-refractivity contribution < 1.29 is 14.0 Å². The van der Waals surface area contributed by atoms with Crippen LogP contribution in [-0.2, 0) is 5.41 Å². The zero-order valence-corrected chi connectivity index (χ0v) is 17.9. The van der Waals surface area contributed by atoms with E-state index in [-0.39, 0.29) is 29.0 Å². The summed E-state index contributed by atoms with van der Waals surface area (Å²) in [6.07, 6.45) is 2.25. The van der Waals surface area contributed by atoms with Crippen LogP contribution in [0.3, 0.4) is 0 Å². The Labute approximate surface area is 177 Å². The fourth-order valence-electron chi connectivity index (χ4n) is 3.62. The highest BCUT2D eigenvalue weighted by Crippen LogP contribution is 2.28. The van der Waals surface area contributed by atoms with Gasteiger partial charge in [0.1, 0.15) is 0 Å². The number of hydrogen-bond acceptors (Lipinski definition) is 3. The van der Waals surface area contributed by atoms with E-state index >= 15 is 0 Å². The molecule has 3 rings (SSSR count). The van der Waals surface area contributed by atoms with Gasteiger partial charge in [0.25, 0.3) is 11.8 Å². The quantitative estimate of drug-likeness (QED) is 0.559. The fraction of sp³-hybridized carbons (Fsp3) is 0.280. The van der Waals surface area contributed by atoms with Crippen LogP contribution in [0.5, 0.6) is 0 Å². The molecule has 2 aromatic carbocycles. The van der Waals surface area contributed by atoms with E-state index in [4.69, 9.17) is 4.42 Å². The Balaban J connectivity index is 1.67. The highest BCUT2D eigenvalue weighted by atomic mass is 16.3. The van der Waals surface area contributed by atoms with E-state index in [9.17, 15) is 9.59 Å². The van der Waals surface area contributed by atoms with Crippen LogP contribution in [0.1, 0.15) is 59.2 Å². The number of aryl methyl sites for hydroxylation is 1. The van der Waals surface area contributed by atoms with Crippen molar-refractivity contribution in [1.29, 1.82) is 0 Å². The third-order valence-corrected chi connectivity index (χ3v) is 5.24. The van der Waals surface area contributed by atoms with Gasteiger partial charge in [-0.2, -0.15) is 0 Å². The van der Waals surface area contributed by atoms with Crippen LogP contribution in [0.2, 0.25) is 0 Å². The van der Waals surface area contributed by atoms with Crippen LogP contribution in [0.25, 0.3) is 0 Å². The molecule has 0 fully saturated rings. The molecule has 1 aromatic heterocycles. The number of rotatable bonds is 7. The molecule has 1 unspecified atom stereocenters. The molecule has 0 aliphatic rings. The Bertz CT molecular complexity index is 1010. The smallest absolute Gasteiger partial charge is 0.291 e. The highest BCUT2D eigenvalue weighted by Gasteiger charge is 2.24. The van der Waals surface area contributed by atoms with Crippen LogP contribution >= 0.6 is 0 Å². The van der Waals surface area contributed by atoms with Gasteiger partial charge in [-0.05, 0) is 61.1 Å². The molecular weight excluding hydrogens is 376 g/mol. The van der Waals surface area contributed by atoms with Crippen molar-refractivity contribution in [3.8, 4) is 0 Å². The summed E-state index contributed by atoms with van der Waals surface area (Å²) >= 11 is 0. The first-order chi connectivity index (χ1) is 14.3. The van der Waals surface area contributed by atoms with Gasteiger partial charge < -0.3 is 15.1 Å². The number of furan rings is 1. The van der Waals surface area contributed by atoms with Gasteiger partial charge in [0.15, 0.2) is 5.76 Å². The van der Waals surface area contributed by atoms with Gasteiger partial charge in [0.05, 0.1) is 6.26 Å². The van der Waals surface area contributed by atoms with E-state index in [1.165, 1.54) is 11.8 Å². The Morgan fingerprint density at radius 1 is 1.00 bits per heavy atom. The molecule has 5 heteroatoms. The predicted octanol–water partition coefficient (Wildman–Crippen LogP) is 5.33. The largest absolute Gasteiger partial charge is 0.459 e. The molecule has 0 aliphatic heterocycles. The molecule has 1 atom stereocenters. The van der Waals surface area contributed by atoms with Gasteiger partial charge in [-0.3, -0.25) is 9.59 Å². The van der Waals surface area contributed by atoms with Crippen molar-refractivity contribution in [1.82, 2.24) is 5.32 Å². The topological polar surface area (TPSA) is 71.3 Å². The highest BCUT2D eigenvalue weighted by molar-refractivity contribution is 6.03. The molecule has 0 saturated heterocycles. The lowest BCUT2D eigenvalue weighted by Crippen LogP contribution is -2.37. The summed E-state index contributed by atoms with van der Waals surface area (Å²) in [5.41, 5.74) is 3.12. The summed E-state index contributed by atoms with van der Waals surface area (Å²) in [5, 5.41) is 5.89. The van der Waals surface area contributed by atoms with Crippen molar-refractivity contribution in [2.45, 2.75) is 45.6 Å². The zero-order valence-electron chi connectivity index (χ0n) is 17.9. The van der Waals surface area contributed by atoms with Crippen molar-refractivity contribution in [3.05, 3.63) is 89.4 Å². The molecule has 0 aliphatic carbocycles. The Morgan fingerprint density at radius 2 is 1.73 bits per heavy atom. The van der Waals surface area contributed by atoms with E-state index in [0.29, 0.717) is 11.3 Å². The molecular formula is C25H28N2O3. The molecule has 156 valence electrons. The maximum atomic E-state index is 12.8. The van der Waals surface area contributed by atoms with Crippen molar-refractivity contribution in [2.24, 2.45) is 0 Å². The average molecular weight is 405 g/mol. The number of carbonyl (C=O) groups excluding carboxylic acids is 2. The summed E-state index contributed by atoms with van der Waals surface area (Å²) in [7, 11) is 0. The number of hydrogen-bond donors (Lipinski definition) is 2. The van der Waals surface area contributed by atoms with Gasteiger partial charge in [0.2, 0.25) is 0 Å². The zero-order chi connectivity index (χ0) is 21.7. The molecule has 0 spiro atoms. The van der Waals surface area contributed by atoms with Gasteiger partial charge in [0, 0.05) is 17.3 Å². The summed E-state index contributed by atoms with van der Waals surface area (Å²) in [4.78, 5) is 25.1. The summed E-state index contributed by atoms with van der Waals surface area (Å²) in [6.45, 7) is 8.25. The lowest BCUT2D eigenvalue weighted by atomic mass is 9.79. The van der Waals surface area contributed by atoms with Crippen molar-refractivity contribution in [2.75, 3.05) is 5.32 Å². The second kappa shape index (κ2) is 8.99. The number of amides is 2. The molecule has 30 heavy (non-hydrogen) atoms. The van der Waals surface area contributed by atoms with Crippen LogP contribution in [0.15, 0.2) is 71.3 Å². The van der Waals surface area contributed by atoms with Gasteiger partial charge in [-0.15, -0.1) is 0 Å². The summed E-state index contributed by atoms with van der Waals surface area (Å²) in [6, 6.07) is 18.8. The Hall–Kier alpha value is -3.34. The lowest BCUT2D eigenvalue weighted by molar-refractivity contribution is 0.0933. The minimum absolute atomic E-state index is 0.0184. The minimum atomic E-state index is -0.348. The molecule has 3 aromatic rings. The molecule has 2 N–H and O–H groups in total. The number of benzene rings is 2. The Morgan fingerprint density at radius 3 is 2.40 bits per heavy atom. The van der Waals surface area contributed by atoms with Crippen LogP contribution in [-0.4, -0.2) is 17.9 Å². The SMILES string of the molecule is Cc1ccc(C(=O)NC(C)CC(C)(C)c2ccccc2)cc1NC(=O)c1ccco1. The van der Waals surface area contributed by atoms with E-state index in [2.05, 4.69) is 36.6 Å². The van der Waals surface area contributed by atoms with E-state index < -0.39 is 0 Å². The predicted molar refractivity (Wildman–Crippen MR) is 119 cm³/mol. The maximum absolute atomic E-state index is 12.8. The first-order valence-electron chi connectivity index (χ1n) is 10.1. The van der Waals surface area contributed by atoms with Crippen LogP contribution in [0, 0.1) is 6.92 Å². The maximum Gasteiger partial charge on any atom is 0.291 e. The monoisotopic (exact) mass is 404 g/mol. The third kappa shape index (κ3) is 5.17. The molecule has 0 saturated carbocycles.